The lowest BCUT2D eigenvalue weighted by atomic mass is 9.87. The Balaban J connectivity index is 0.000000178. The highest BCUT2D eigenvalue weighted by molar-refractivity contribution is 6.05. The van der Waals surface area contributed by atoms with Crippen molar-refractivity contribution in [2.45, 2.75) is 219 Å². The largest absolute Gasteiger partial charge is 0.460 e. The molecule has 0 bridgehead atoms. The average molecular weight is 1760 g/mol. The molecule has 5 heterocycles. The van der Waals surface area contributed by atoms with Crippen molar-refractivity contribution in [2.24, 2.45) is 15.5 Å². The van der Waals surface area contributed by atoms with Gasteiger partial charge < -0.3 is 44.4 Å². The van der Waals surface area contributed by atoms with Gasteiger partial charge in [-0.3, -0.25) is 42.5 Å². The fourth-order valence-electron chi connectivity index (χ4n) is 14.7. The molecule has 0 radical (unpaired) electrons. The molecule has 12 aromatic rings. The number of carbonyl (C=O) groups excluding carboxylic acids is 3. The Bertz CT molecular complexity index is 5990. The summed E-state index contributed by atoms with van der Waals surface area (Å²) in [6.45, 7) is 25.6. The maximum absolute atomic E-state index is 13.8. The zero-order valence-electron chi connectivity index (χ0n) is 74.6. The highest BCUT2D eigenvalue weighted by atomic mass is 19.1. The minimum absolute atomic E-state index is 0.253. The van der Waals surface area contributed by atoms with Gasteiger partial charge in [0.15, 0.2) is 11.2 Å². The van der Waals surface area contributed by atoms with Crippen molar-refractivity contribution in [3.8, 4) is 17.1 Å². The fraction of sp³-hybridized carbons (Fsp3) is 0.333. The molecule has 14 rings (SSSR count). The van der Waals surface area contributed by atoms with Gasteiger partial charge in [0.05, 0.1) is 73.5 Å². The van der Waals surface area contributed by atoms with Crippen LogP contribution in [0, 0.1) is 17.5 Å². The summed E-state index contributed by atoms with van der Waals surface area (Å²) in [6, 6.07) is 60.7. The number of benzene rings is 9. The van der Waals surface area contributed by atoms with Crippen LogP contribution in [0.15, 0.2) is 260 Å². The van der Waals surface area contributed by atoms with E-state index in [-0.39, 0.29) is 53.8 Å². The van der Waals surface area contributed by atoms with Crippen LogP contribution in [-0.4, -0.2) is 113 Å². The van der Waals surface area contributed by atoms with Crippen molar-refractivity contribution in [3.05, 3.63) is 330 Å². The van der Waals surface area contributed by atoms with Gasteiger partial charge >= 0.3 is 17.9 Å². The second-order valence-corrected chi connectivity index (χ2v) is 35.3. The highest BCUT2D eigenvalue weighted by Crippen LogP contribution is 2.40. The maximum Gasteiger partial charge on any atom is 0.306 e. The molecule has 0 aliphatic carbocycles. The monoisotopic (exact) mass is 1760 g/mol. The lowest BCUT2D eigenvalue weighted by Gasteiger charge is -2.27. The smallest absolute Gasteiger partial charge is 0.306 e. The first-order valence-electron chi connectivity index (χ1n) is 42.9. The lowest BCUT2D eigenvalue weighted by Crippen LogP contribution is -2.33. The molecule has 0 fully saturated rings. The molecule has 4 N–H and O–H groups in total. The third kappa shape index (κ3) is 26.0. The summed E-state index contributed by atoms with van der Waals surface area (Å²) >= 11 is 0. The van der Waals surface area contributed by atoms with E-state index in [4.69, 9.17) is 39.1 Å². The number of halogens is 3. The number of esters is 3. The van der Waals surface area contributed by atoms with Crippen LogP contribution in [0.4, 0.5) is 13.2 Å². The quantitative estimate of drug-likeness (QED) is 0.00707. The molecular weight excluding hydrogens is 1650 g/mol. The number of nitrogens with zero attached hydrogens (tertiary/aromatic N) is 9. The van der Waals surface area contributed by atoms with Gasteiger partial charge in [-0.05, 0) is 259 Å². The predicted molar refractivity (Wildman–Crippen MR) is 492 cm³/mol. The summed E-state index contributed by atoms with van der Waals surface area (Å²) in [6.07, 6.45) is 5.21. The van der Waals surface area contributed by atoms with Crippen molar-refractivity contribution < 1.29 is 72.0 Å². The van der Waals surface area contributed by atoms with E-state index in [2.05, 4.69) is 27.0 Å². The Morgan fingerprint density at radius 3 is 1.05 bits per heavy atom. The number of aliphatic hydroxyl groups is 3. The minimum atomic E-state index is -0.954. The molecule has 0 amide bonds. The van der Waals surface area contributed by atoms with E-state index >= 15 is 0 Å². The number of fused-ring (bicyclic) bond motifs is 3. The molecule has 2 aliphatic heterocycles. The summed E-state index contributed by atoms with van der Waals surface area (Å²) in [5.41, 5.74) is 5.08. The van der Waals surface area contributed by atoms with E-state index in [0.29, 0.717) is 155 Å². The van der Waals surface area contributed by atoms with Crippen molar-refractivity contribution in [3.63, 3.8) is 0 Å². The molecule has 674 valence electrons. The molecule has 2 aliphatic rings. The number of rotatable bonds is 27. The molecule has 5 atom stereocenters. The van der Waals surface area contributed by atoms with Crippen LogP contribution in [0.2, 0.25) is 0 Å². The number of hydrogen-bond donors (Lipinski definition) is 4. The van der Waals surface area contributed by atoms with Crippen LogP contribution in [0.25, 0.3) is 49.8 Å². The summed E-state index contributed by atoms with van der Waals surface area (Å²) < 4.78 is 61.5. The van der Waals surface area contributed by atoms with Crippen molar-refractivity contribution >= 4 is 68.3 Å². The van der Waals surface area contributed by atoms with E-state index in [1.165, 1.54) is 68.4 Å². The number of aromatic nitrogens is 6. The normalized spacial score (nSPS) is 15.6. The third-order valence-corrected chi connectivity index (χ3v) is 21.1. The number of aryl methyl sites for hydroxylation is 3. The first-order valence-corrected chi connectivity index (χ1v) is 42.9. The summed E-state index contributed by atoms with van der Waals surface area (Å²) in [7, 11) is 0. The molecule has 0 saturated carbocycles. The molecule has 3 aromatic heterocycles. The summed E-state index contributed by atoms with van der Waals surface area (Å²) in [4.78, 5) is 103. The molecule has 24 nitrogen and oxygen atoms in total. The number of ether oxygens (including phenoxy) is 3. The van der Waals surface area contributed by atoms with Gasteiger partial charge in [0.2, 0.25) is 0 Å². The molecule has 0 unspecified atom stereocenters. The number of unbranched alkanes of at least 4 members (excludes halogenated alkanes) is 3. The van der Waals surface area contributed by atoms with E-state index in [9.17, 15) is 57.3 Å². The molecule has 0 saturated heterocycles. The first-order chi connectivity index (χ1) is 61.3. The second kappa shape index (κ2) is 42.5. The summed E-state index contributed by atoms with van der Waals surface area (Å²) in [5.74, 6) is -0.534. The van der Waals surface area contributed by atoms with Gasteiger partial charge in [-0.15, -0.1) is 0 Å². The molecule has 0 spiro atoms. The first kappa shape index (κ1) is 96.3. The second-order valence-electron chi connectivity index (χ2n) is 35.3. The van der Waals surface area contributed by atoms with Gasteiger partial charge in [-0.2, -0.15) is 0 Å². The maximum atomic E-state index is 13.8. The number of aliphatic hydroxyl groups excluding tert-OH is 3. The number of oxime groups is 3. The van der Waals surface area contributed by atoms with E-state index < -0.39 is 63.8 Å². The zero-order chi connectivity index (χ0) is 93.1. The van der Waals surface area contributed by atoms with E-state index in [1.54, 1.807) is 78.9 Å². The predicted octanol–water partition coefficient (Wildman–Crippen LogP) is 19.1. The van der Waals surface area contributed by atoms with Gasteiger partial charge in [0, 0.05) is 62.5 Å². The Labute approximate surface area is 746 Å². The van der Waals surface area contributed by atoms with Gasteiger partial charge in [0.1, 0.15) is 63.9 Å². The van der Waals surface area contributed by atoms with Crippen LogP contribution in [-0.2, 0) is 57.5 Å². The van der Waals surface area contributed by atoms with Crippen LogP contribution >= 0.6 is 0 Å². The van der Waals surface area contributed by atoms with Gasteiger partial charge in [-0.25, -0.2) is 28.1 Å². The third-order valence-electron chi connectivity index (χ3n) is 21.1. The van der Waals surface area contributed by atoms with Crippen molar-refractivity contribution in [2.75, 3.05) is 0 Å². The summed E-state index contributed by atoms with van der Waals surface area (Å²) in [5, 5.41) is 53.2. The van der Waals surface area contributed by atoms with Crippen LogP contribution in [0.3, 0.4) is 0 Å². The molecular formula is C102H110F3N9O15. The van der Waals surface area contributed by atoms with Gasteiger partial charge in [0.25, 0.3) is 16.7 Å². The van der Waals surface area contributed by atoms with Gasteiger partial charge in [-0.1, -0.05) is 131 Å². The van der Waals surface area contributed by atoms with E-state index in [0.717, 1.165) is 33.4 Å². The standard InChI is InChI=1S/2C34H36FN3O5.C24H26FN3O4.C10H12O/c2*1-33(2,3)42-30(39)13-9-8-12-29-36-27-20-23(14-19-26(27)32(41)38(29)25-17-15-24(35)16-18-25)28-21-34(4,43-37-28)31(40)22-10-6-5-7-11-22;1-24(2,3)32-22(29)7-5-4-6-21-27-20-14-16(15-26-31)8-13-19(20)23(30)28(21)18-11-9-17(25)10-12-18;1-8(2)10(11)9-6-4-3-5-7-9/h2*5-7,10-11,14-20,31,40H,8-9,12-13,21H2,1-4H3;8-15,31H,4-7H2,1-3H3;3-7,10-11H,1H2,2H3/b;;26-15+;/t31-,34+;31-,34-;;10-/m00.1/s1. The lowest BCUT2D eigenvalue weighted by molar-refractivity contribution is -0.156. The van der Waals surface area contributed by atoms with Crippen molar-refractivity contribution in [1.82, 2.24) is 28.7 Å². The number of hydrogen-bond acceptors (Lipinski definition) is 21. The Morgan fingerprint density at radius 1 is 0.450 bits per heavy atom. The highest BCUT2D eigenvalue weighted by Gasteiger charge is 2.44. The Hall–Kier alpha value is -13.4. The SMILES string of the molecule is C=C(C)[C@@H](O)c1ccccc1.CC(C)(C)OC(=O)CCCCc1nc2cc(/C=N/O)ccc2c(=O)n1-c1ccc(F)cc1.CC(C)(C)OC(=O)CCCCc1nc2cc(C3=NO[C@@](C)([C@@H](O)c4ccccc4)C3)ccc2c(=O)n1-c1ccc(F)cc1.CC(C)(C)OC(=O)CCCCc1nc2cc(C3=NO[C@](C)([C@@H](O)c4ccccc4)C3)ccc2c(=O)n1-c1ccc(F)cc1. The molecule has 9 aromatic carbocycles. The van der Waals surface area contributed by atoms with E-state index in [1.807, 2.05) is 174 Å². The Kier molecular flexibility index (Phi) is 31.7. The van der Waals surface area contributed by atoms with Crippen LogP contribution in [0.5, 0.6) is 0 Å². The van der Waals surface area contributed by atoms with Crippen molar-refractivity contribution in [1.29, 1.82) is 0 Å². The van der Waals surface area contributed by atoms with Crippen LogP contribution in [0.1, 0.15) is 223 Å². The molecule has 27 heteroatoms. The van der Waals surface area contributed by atoms with Crippen LogP contribution < -0.4 is 16.7 Å². The topological polar surface area (TPSA) is 320 Å². The zero-order valence-corrected chi connectivity index (χ0v) is 74.6. The Morgan fingerprint density at radius 2 is 0.752 bits per heavy atom. The average Bonchev–Trinajstić information content (AvgIpc) is 1.75. The molecule has 129 heavy (non-hydrogen) atoms. The minimum Gasteiger partial charge on any atom is -0.460 e. The number of carbonyl (C=O) groups is 3. The fourth-order valence-corrected chi connectivity index (χ4v) is 14.7.